The molecule has 1 aromatic rings. The highest BCUT2D eigenvalue weighted by Crippen LogP contribution is 2.23. The van der Waals surface area contributed by atoms with Crippen molar-refractivity contribution in [2.45, 2.75) is 37.8 Å². The fourth-order valence-electron chi connectivity index (χ4n) is 2.05. The van der Waals surface area contributed by atoms with Crippen LogP contribution >= 0.6 is 27.3 Å². The number of carbonyl (C=O) groups excluding carboxylic acids is 1. The van der Waals surface area contributed by atoms with Gasteiger partial charge in [-0.15, -0.1) is 11.3 Å². The third kappa shape index (κ3) is 3.06. The Morgan fingerprint density at radius 1 is 1.50 bits per heavy atom. The summed E-state index contributed by atoms with van der Waals surface area (Å²) >= 11 is 4.81. The molecule has 1 amide bonds. The van der Waals surface area contributed by atoms with Crippen LogP contribution in [0.1, 0.15) is 35.4 Å². The maximum Gasteiger partial charge on any atom is 0.261 e. The van der Waals surface area contributed by atoms with Crippen LogP contribution in [0.3, 0.4) is 0 Å². The number of nitrogens with two attached hydrogens (primary N) is 1. The molecule has 0 bridgehead atoms. The zero-order chi connectivity index (χ0) is 11.5. The minimum absolute atomic E-state index is 0.0230. The summed E-state index contributed by atoms with van der Waals surface area (Å²) in [5, 5.41) is 3.05. The van der Waals surface area contributed by atoms with Gasteiger partial charge in [0, 0.05) is 12.1 Å². The lowest BCUT2D eigenvalue weighted by Gasteiger charge is -2.27. The molecule has 1 heterocycles. The number of carbonyl (C=O) groups is 1. The Hall–Kier alpha value is -0.390. The van der Waals surface area contributed by atoms with E-state index in [1.165, 1.54) is 11.3 Å². The van der Waals surface area contributed by atoms with Gasteiger partial charge in [0.1, 0.15) is 0 Å². The van der Waals surface area contributed by atoms with E-state index in [-0.39, 0.29) is 18.0 Å². The molecule has 0 saturated heterocycles. The lowest BCUT2D eigenvalue weighted by Crippen LogP contribution is -2.42. The molecule has 1 saturated carbocycles. The van der Waals surface area contributed by atoms with Crippen LogP contribution in [0.15, 0.2) is 15.9 Å². The molecule has 2 rings (SSSR count). The van der Waals surface area contributed by atoms with Gasteiger partial charge in [0.15, 0.2) is 0 Å². The van der Waals surface area contributed by atoms with Crippen molar-refractivity contribution in [3.8, 4) is 0 Å². The topological polar surface area (TPSA) is 55.1 Å². The van der Waals surface area contributed by atoms with Crippen molar-refractivity contribution in [1.29, 1.82) is 0 Å². The van der Waals surface area contributed by atoms with Crippen LogP contribution in [-0.2, 0) is 0 Å². The largest absolute Gasteiger partial charge is 0.349 e. The van der Waals surface area contributed by atoms with Crippen molar-refractivity contribution in [2.24, 2.45) is 5.73 Å². The molecule has 2 unspecified atom stereocenters. The second kappa shape index (κ2) is 5.29. The van der Waals surface area contributed by atoms with Gasteiger partial charge in [0.2, 0.25) is 0 Å². The second-order valence-corrected chi connectivity index (χ2v) is 6.66. The maximum atomic E-state index is 11.9. The molecule has 0 aliphatic heterocycles. The number of nitrogens with one attached hydrogen (secondary N) is 1. The number of hydrogen-bond acceptors (Lipinski definition) is 3. The van der Waals surface area contributed by atoms with E-state index in [0.717, 1.165) is 34.3 Å². The lowest BCUT2D eigenvalue weighted by molar-refractivity contribution is 0.0930. The molecule has 1 aliphatic rings. The Balaban J connectivity index is 1.92. The van der Waals surface area contributed by atoms with E-state index in [9.17, 15) is 4.79 Å². The number of thiophene rings is 1. The number of halogens is 1. The van der Waals surface area contributed by atoms with Crippen molar-refractivity contribution >= 4 is 33.2 Å². The van der Waals surface area contributed by atoms with Crippen LogP contribution in [0, 0.1) is 0 Å². The van der Waals surface area contributed by atoms with E-state index in [2.05, 4.69) is 21.2 Å². The first-order valence-corrected chi connectivity index (χ1v) is 7.08. The monoisotopic (exact) mass is 302 g/mol. The highest BCUT2D eigenvalue weighted by atomic mass is 79.9. The Kier molecular flexibility index (Phi) is 4.00. The average Bonchev–Trinajstić information content (AvgIpc) is 2.65. The van der Waals surface area contributed by atoms with E-state index in [1.54, 1.807) is 0 Å². The molecule has 5 heteroatoms. The minimum Gasteiger partial charge on any atom is -0.349 e. The Morgan fingerprint density at radius 2 is 2.31 bits per heavy atom. The van der Waals surface area contributed by atoms with Crippen molar-refractivity contribution in [3.05, 3.63) is 20.8 Å². The normalized spacial score (nSPS) is 25.4. The molecule has 1 aliphatic carbocycles. The first kappa shape index (κ1) is 12.1. The molecule has 2 atom stereocenters. The first-order chi connectivity index (χ1) is 7.65. The summed E-state index contributed by atoms with van der Waals surface area (Å²) in [7, 11) is 0. The van der Waals surface area contributed by atoms with Gasteiger partial charge in [-0.25, -0.2) is 0 Å². The van der Waals surface area contributed by atoms with Gasteiger partial charge in [-0.05, 0) is 53.7 Å². The van der Waals surface area contributed by atoms with Crippen LogP contribution in [0.2, 0.25) is 0 Å². The van der Waals surface area contributed by atoms with E-state index in [4.69, 9.17) is 5.73 Å². The second-order valence-electron chi connectivity index (χ2n) is 4.20. The smallest absolute Gasteiger partial charge is 0.261 e. The maximum absolute atomic E-state index is 11.9. The van der Waals surface area contributed by atoms with Gasteiger partial charge in [-0.2, -0.15) is 0 Å². The average molecular weight is 303 g/mol. The van der Waals surface area contributed by atoms with E-state index in [1.807, 2.05) is 12.1 Å². The van der Waals surface area contributed by atoms with Gasteiger partial charge in [-0.3, -0.25) is 4.79 Å². The fraction of sp³-hybridized carbons (Fsp3) is 0.545. The third-order valence-electron chi connectivity index (χ3n) is 2.85. The van der Waals surface area contributed by atoms with Crippen LogP contribution < -0.4 is 11.1 Å². The number of rotatable bonds is 2. The number of hydrogen-bond donors (Lipinski definition) is 2. The Labute approximate surface area is 108 Å². The molecule has 0 spiro atoms. The summed E-state index contributed by atoms with van der Waals surface area (Å²) in [6.45, 7) is 0. The first-order valence-electron chi connectivity index (χ1n) is 5.47. The molecule has 3 nitrogen and oxygen atoms in total. The predicted octanol–water partition coefficient (Wildman–Crippen LogP) is 2.51. The van der Waals surface area contributed by atoms with Crippen molar-refractivity contribution < 1.29 is 4.79 Å². The molecular formula is C11H15BrN2OS. The molecule has 88 valence electrons. The fourth-order valence-corrected chi connectivity index (χ4v) is 3.34. The standard InChI is InChI=1S/C11H15BrN2OS/c12-10-5-4-9(16-10)11(15)14-8-3-1-2-7(13)6-8/h4-5,7-8H,1-3,6,13H2,(H,14,15). The third-order valence-corrected chi connectivity index (χ3v) is 4.47. The Bertz CT molecular complexity index is 380. The highest BCUT2D eigenvalue weighted by Gasteiger charge is 2.21. The van der Waals surface area contributed by atoms with Crippen LogP contribution in [0.25, 0.3) is 0 Å². The van der Waals surface area contributed by atoms with Crippen molar-refractivity contribution in [3.63, 3.8) is 0 Å². The highest BCUT2D eigenvalue weighted by molar-refractivity contribution is 9.11. The zero-order valence-corrected chi connectivity index (χ0v) is 11.3. The van der Waals surface area contributed by atoms with Gasteiger partial charge < -0.3 is 11.1 Å². The summed E-state index contributed by atoms with van der Waals surface area (Å²) in [4.78, 5) is 12.6. The van der Waals surface area contributed by atoms with Gasteiger partial charge in [0.05, 0.1) is 8.66 Å². The Morgan fingerprint density at radius 3 is 2.94 bits per heavy atom. The summed E-state index contributed by atoms with van der Waals surface area (Å²) in [6, 6.07) is 4.23. The van der Waals surface area contributed by atoms with Crippen molar-refractivity contribution in [1.82, 2.24) is 5.32 Å². The molecule has 16 heavy (non-hydrogen) atoms. The van der Waals surface area contributed by atoms with Crippen LogP contribution in [-0.4, -0.2) is 18.0 Å². The van der Waals surface area contributed by atoms with Crippen molar-refractivity contribution in [2.75, 3.05) is 0 Å². The van der Waals surface area contributed by atoms with Gasteiger partial charge >= 0.3 is 0 Å². The summed E-state index contributed by atoms with van der Waals surface area (Å²) in [5.41, 5.74) is 5.89. The molecular weight excluding hydrogens is 288 g/mol. The molecule has 0 aromatic carbocycles. The zero-order valence-electron chi connectivity index (χ0n) is 8.91. The van der Waals surface area contributed by atoms with Gasteiger partial charge in [0.25, 0.3) is 5.91 Å². The van der Waals surface area contributed by atoms with Gasteiger partial charge in [-0.1, -0.05) is 0 Å². The predicted molar refractivity (Wildman–Crippen MR) is 69.7 cm³/mol. The quantitative estimate of drug-likeness (QED) is 0.882. The molecule has 1 fully saturated rings. The molecule has 0 radical (unpaired) electrons. The molecule has 3 N–H and O–H groups in total. The summed E-state index contributed by atoms with van der Waals surface area (Å²) in [6.07, 6.45) is 4.14. The summed E-state index contributed by atoms with van der Waals surface area (Å²) < 4.78 is 0.984. The lowest BCUT2D eigenvalue weighted by atomic mass is 9.91. The van der Waals surface area contributed by atoms with Crippen LogP contribution in [0.4, 0.5) is 0 Å². The summed E-state index contributed by atoms with van der Waals surface area (Å²) in [5.74, 6) is 0.0230. The number of amides is 1. The SMILES string of the molecule is NC1CCCC(NC(=O)c2ccc(Br)s2)C1. The van der Waals surface area contributed by atoms with E-state index >= 15 is 0 Å². The van der Waals surface area contributed by atoms with E-state index in [0.29, 0.717) is 0 Å². The minimum atomic E-state index is 0.0230. The van der Waals surface area contributed by atoms with E-state index < -0.39 is 0 Å². The molecule has 1 aromatic heterocycles. The van der Waals surface area contributed by atoms with Crippen LogP contribution in [0.5, 0.6) is 0 Å².